The molecule has 4 heteroatoms. The Labute approximate surface area is 323 Å². The van der Waals surface area contributed by atoms with Crippen molar-refractivity contribution in [3.05, 3.63) is 200 Å². The molecule has 0 unspecified atom stereocenters. The fraction of sp³-hybridized carbons (Fsp3) is 0. The Kier molecular flexibility index (Phi) is 7.46. The van der Waals surface area contributed by atoms with Gasteiger partial charge in [0, 0.05) is 33.5 Å². The number of rotatable bonds is 6. The van der Waals surface area contributed by atoms with Crippen LogP contribution in [0.25, 0.3) is 105 Å². The molecule has 0 fully saturated rings. The fourth-order valence-corrected chi connectivity index (χ4v) is 8.02. The van der Waals surface area contributed by atoms with Crippen LogP contribution in [-0.2, 0) is 0 Å². The Morgan fingerprint density at radius 1 is 0.357 bits per heavy atom. The number of benzene rings is 8. The Bertz CT molecular complexity index is 3200. The minimum absolute atomic E-state index is 0.808. The normalized spacial score (nSPS) is 11.6. The maximum Gasteiger partial charge on any atom is 0.168 e. The summed E-state index contributed by atoms with van der Waals surface area (Å²) in [4.78, 5) is 0. The van der Waals surface area contributed by atoms with Gasteiger partial charge in [-0.25, -0.2) is 0 Å². The van der Waals surface area contributed by atoms with E-state index in [9.17, 15) is 0 Å². The third kappa shape index (κ3) is 5.47. The molecule has 0 aliphatic heterocycles. The largest absolute Gasteiger partial charge is 0.455 e. The van der Waals surface area contributed by atoms with Crippen molar-refractivity contribution in [3.63, 3.8) is 0 Å². The molecule has 8 aromatic carbocycles. The van der Waals surface area contributed by atoms with Crippen LogP contribution in [0, 0.1) is 0 Å². The van der Waals surface area contributed by atoms with Crippen molar-refractivity contribution in [2.24, 2.45) is 0 Å². The van der Waals surface area contributed by atoms with Gasteiger partial charge in [-0.1, -0.05) is 164 Å². The molecular weight excluding hydrogens is 683 g/mol. The van der Waals surface area contributed by atoms with Gasteiger partial charge in [0.15, 0.2) is 11.5 Å². The van der Waals surface area contributed by atoms with Gasteiger partial charge in [-0.15, -0.1) is 10.2 Å². The SMILES string of the molecule is c1ccc(-c2ccc(-c3ccc4oc5c(-c6ccc(-c7nnc8c9ccccc9ccn78)cc6)cc(-c6ccc(-c7ccccc7)cc6)cc5c4c3)cc2)cc1. The summed E-state index contributed by atoms with van der Waals surface area (Å²) in [6.45, 7) is 0. The lowest BCUT2D eigenvalue weighted by Gasteiger charge is -2.10. The zero-order valence-corrected chi connectivity index (χ0v) is 30.3. The van der Waals surface area contributed by atoms with E-state index in [1.807, 2.05) is 12.1 Å². The second-order valence-electron chi connectivity index (χ2n) is 14.3. The summed E-state index contributed by atoms with van der Waals surface area (Å²) in [5.74, 6) is 0.808. The zero-order chi connectivity index (χ0) is 37.0. The average Bonchev–Trinajstić information content (AvgIpc) is 3.89. The number of hydrogen-bond acceptors (Lipinski definition) is 3. The van der Waals surface area contributed by atoms with E-state index in [0.29, 0.717) is 0 Å². The molecule has 3 aromatic heterocycles. The summed E-state index contributed by atoms with van der Waals surface area (Å²) in [7, 11) is 0. The van der Waals surface area contributed by atoms with Gasteiger partial charge in [-0.2, -0.15) is 0 Å². The lowest BCUT2D eigenvalue weighted by Crippen LogP contribution is -1.90. The Balaban J connectivity index is 1.03. The van der Waals surface area contributed by atoms with Crippen molar-refractivity contribution in [2.75, 3.05) is 0 Å². The lowest BCUT2D eigenvalue weighted by atomic mass is 9.93. The number of aromatic nitrogens is 3. The summed E-state index contributed by atoms with van der Waals surface area (Å²) in [5, 5.41) is 13.6. The van der Waals surface area contributed by atoms with Gasteiger partial charge >= 0.3 is 0 Å². The van der Waals surface area contributed by atoms with E-state index in [-0.39, 0.29) is 0 Å². The van der Waals surface area contributed by atoms with E-state index in [1.54, 1.807) is 0 Å². The van der Waals surface area contributed by atoms with Crippen LogP contribution in [0.1, 0.15) is 0 Å². The number of nitrogens with zero attached hydrogens (tertiary/aromatic N) is 3. The van der Waals surface area contributed by atoms with Gasteiger partial charge in [0.1, 0.15) is 11.2 Å². The lowest BCUT2D eigenvalue weighted by molar-refractivity contribution is 0.670. The molecule has 0 spiro atoms. The highest BCUT2D eigenvalue weighted by Gasteiger charge is 2.18. The molecule has 0 aliphatic carbocycles. The molecule has 0 saturated heterocycles. The molecule has 56 heavy (non-hydrogen) atoms. The van der Waals surface area contributed by atoms with Crippen molar-refractivity contribution in [2.45, 2.75) is 0 Å². The maximum absolute atomic E-state index is 6.75. The molecule has 3 heterocycles. The molecule has 11 aromatic rings. The van der Waals surface area contributed by atoms with Gasteiger partial charge in [-0.05, 0) is 85.8 Å². The van der Waals surface area contributed by atoms with Gasteiger partial charge in [0.25, 0.3) is 0 Å². The van der Waals surface area contributed by atoms with Crippen molar-refractivity contribution in [1.82, 2.24) is 14.6 Å². The topological polar surface area (TPSA) is 43.3 Å². The summed E-state index contributed by atoms with van der Waals surface area (Å²) in [6, 6.07) is 68.8. The van der Waals surface area contributed by atoms with Crippen molar-refractivity contribution in [3.8, 4) is 67.0 Å². The molecule has 11 rings (SSSR count). The highest BCUT2D eigenvalue weighted by Crippen LogP contribution is 2.42. The fourth-order valence-electron chi connectivity index (χ4n) is 8.02. The number of fused-ring (bicyclic) bond motifs is 6. The third-order valence-corrected chi connectivity index (χ3v) is 11.0. The predicted molar refractivity (Wildman–Crippen MR) is 230 cm³/mol. The smallest absolute Gasteiger partial charge is 0.168 e. The van der Waals surface area contributed by atoms with Gasteiger partial charge in [0.05, 0.1) is 0 Å². The van der Waals surface area contributed by atoms with Crippen LogP contribution in [0.5, 0.6) is 0 Å². The highest BCUT2D eigenvalue weighted by atomic mass is 16.3. The minimum atomic E-state index is 0.808. The van der Waals surface area contributed by atoms with Crippen LogP contribution < -0.4 is 0 Å². The molecule has 0 radical (unpaired) electrons. The summed E-state index contributed by atoms with van der Waals surface area (Å²) in [5.41, 5.74) is 15.1. The quantitative estimate of drug-likeness (QED) is 0.172. The number of pyridine rings is 1. The molecule has 0 amide bonds. The maximum atomic E-state index is 6.75. The van der Waals surface area contributed by atoms with E-state index in [1.165, 1.54) is 27.8 Å². The molecule has 0 bridgehead atoms. The third-order valence-electron chi connectivity index (χ3n) is 11.0. The number of hydrogen-bond donors (Lipinski definition) is 0. The average molecular weight is 716 g/mol. The minimum Gasteiger partial charge on any atom is -0.455 e. The van der Waals surface area contributed by atoms with Crippen molar-refractivity contribution in [1.29, 1.82) is 0 Å². The monoisotopic (exact) mass is 715 g/mol. The summed E-state index contributed by atoms with van der Waals surface area (Å²) < 4.78 is 8.82. The van der Waals surface area contributed by atoms with Gasteiger partial charge < -0.3 is 4.42 Å². The van der Waals surface area contributed by atoms with Gasteiger partial charge in [0.2, 0.25) is 0 Å². The van der Waals surface area contributed by atoms with Crippen LogP contribution in [0.3, 0.4) is 0 Å². The van der Waals surface area contributed by atoms with E-state index in [4.69, 9.17) is 4.42 Å². The first-order chi connectivity index (χ1) is 27.7. The summed E-state index contributed by atoms with van der Waals surface area (Å²) >= 11 is 0. The van der Waals surface area contributed by atoms with Crippen LogP contribution in [0.2, 0.25) is 0 Å². The van der Waals surface area contributed by atoms with E-state index < -0.39 is 0 Å². The number of furan rings is 1. The molecule has 0 atom stereocenters. The van der Waals surface area contributed by atoms with Crippen LogP contribution in [0.15, 0.2) is 205 Å². The standard InChI is InChI=1S/C52H33N3O/c1-3-9-34(10-4-1)36-15-19-38(20-16-36)43-27-28-49-47(31-43)48-33-44(39-21-17-37(18-22-39)35-11-5-2-6-12-35)32-46(50(48)56-49)41-23-25-42(26-24-41)51-53-54-52-45-14-8-7-13-40(45)29-30-55(51)52/h1-33H. The van der Waals surface area contributed by atoms with Crippen LogP contribution in [0.4, 0.5) is 0 Å². The van der Waals surface area contributed by atoms with E-state index in [0.717, 1.165) is 77.6 Å². The highest BCUT2D eigenvalue weighted by molar-refractivity contribution is 6.12. The first kappa shape index (κ1) is 31.9. The first-order valence-corrected chi connectivity index (χ1v) is 18.9. The second-order valence-corrected chi connectivity index (χ2v) is 14.3. The zero-order valence-electron chi connectivity index (χ0n) is 30.3. The Hall–Kier alpha value is -7.56. The Morgan fingerprint density at radius 3 is 1.55 bits per heavy atom. The molecule has 0 N–H and O–H groups in total. The van der Waals surface area contributed by atoms with Crippen LogP contribution in [-0.4, -0.2) is 14.6 Å². The molecular formula is C52H33N3O. The van der Waals surface area contributed by atoms with E-state index >= 15 is 0 Å². The molecule has 0 aliphatic rings. The van der Waals surface area contributed by atoms with Crippen molar-refractivity contribution >= 4 is 38.4 Å². The first-order valence-electron chi connectivity index (χ1n) is 18.9. The Morgan fingerprint density at radius 2 is 0.875 bits per heavy atom. The summed E-state index contributed by atoms with van der Waals surface area (Å²) in [6.07, 6.45) is 2.05. The van der Waals surface area contributed by atoms with E-state index in [2.05, 4.69) is 203 Å². The van der Waals surface area contributed by atoms with Gasteiger partial charge in [-0.3, -0.25) is 4.40 Å². The second kappa shape index (κ2) is 13.1. The van der Waals surface area contributed by atoms with Crippen molar-refractivity contribution < 1.29 is 4.42 Å². The molecule has 262 valence electrons. The predicted octanol–water partition coefficient (Wildman–Crippen LogP) is 13.8. The molecule has 0 saturated carbocycles. The van der Waals surface area contributed by atoms with Crippen LogP contribution >= 0.6 is 0 Å². The molecule has 4 nitrogen and oxygen atoms in total.